The minimum atomic E-state index is -0.649. The van der Waals surface area contributed by atoms with Crippen LogP contribution in [0.5, 0.6) is 0 Å². The Bertz CT molecular complexity index is 802. The highest BCUT2D eigenvalue weighted by Crippen LogP contribution is 2.11. The van der Waals surface area contributed by atoms with Gasteiger partial charge in [-0.3, -0.25) is 9.59 Å². The van der Waals surface area contributed by atoms with Gasteiger partial charge in [0.05, 0.1) is 0 Å². The van der Waals surface area contributed by atoms with Crippen LogP contribution in [0, 0.1) is 25.6 Å². The molecule has 2 aromatic carbocycles. The quantitative estimate of drug-likeness (QED) is 0.832. The molecule has 0 aliphatic carbocycles. The Morgan fingerprint density at radius 2 is 1.73 bits per heavy atom. The molecule has 2 N–H and O–H groups in total. The molecular weight excluding hydrogens is 331 g/mol. The molecule has 0 heterocycles. The van der Waals surface area contributed by atoms with E-state index in [1.807, 2.05) is 32.9 Å². The van der Waals surface area contributed by atoms with Gasteiger partial charge in [-0.1, -0.05) is 44.2 Å². The molecule has 0 aliphatic rings. The molecule has 2 rings (SSSR count). The molecule has 138 valence electrons. The smallest absolute Gasteiger partial charge is 0.252 e. The number of benzene rings is 2. The van der Waals surface area contributed by atoms with Gasteiger partial charge in [0.25, 0.3) is 5.91 Å². The lowest BCUT2D eigenvalue weighted by molar-refractivity contribution is -0.124. The van der Waals surface area contributed by atoms with Gasteiger partial charge in [0.15, 0.2) is 0 Å². The highest BCUT2D eigenvalue weighted by atomic mass is 19.1. The van der Waals surface area contributed by atoms with Gasteiger partial charge in [0.1, 0.15) is 11.9 Å². The lowest BCUT2D eigenvalue weighted by Gasteiger charge is -2.22. The van der Waals surface area contributed by atoms with Crippen LogP contribution in [-0.4, -0.2) is 17.9 Å². The average Bonchev–Trinajstić information content (AvgIpc) is 2.60. The maximum Gasteiger partial charge on any atom is 0.252 e. The summed E-state index contributed by atoms with van der Waals surface area (Å²) in [6.45, 7) is 7.58. The number of hydrogen-bond donors (Lipinski definition) is 2. The molecule has 0 aliphatic heterocycles. The van der Waals surface area contributed by atoms with Crippen molar-refractivity contribution < 1.29 is 14.0 Å². The van der Waals surface area contributed by atoms with Crippen molar-refractivity contribution in [3.05, 3.63) is 70.5 Å². The summed E-state index contributed by atoms with van der Waals surface area (Å²) in [5.74, 6) is -0.873. The van der Waals surface area contributed by atoms with Crippen LogP contribution in [0.25, 0.3) is 0 Å². The third-order valence-electron chi connectivity index (χ3n) is 4.31. The fourth-order valence-corrected chi connectivity index (χ4v) is 2.70. The molecule has 0 bridgehead atoms. The SMILES string of the molecule is Cc1cc(CNC(=O)C(NC(=O)c2ccccc2C)C(C)C)ccc1F. The molecule has 5 heteroatoms. The van der Waals surface area contributed by atoms with Crippen LogP contribution in [0.1, 0.15) is 40.9 Å². The van der Waals surface area contributed by atoms with Crippen molar-refractivity contribution in [3.63, 3.8) is 0 Å². The van der Waals surface area contributed by atoms with Crippen LogP contribution in [0.2, 0.25) is 0 Å². The van der Waals surface area contributed by atoms with Crippen LogP contribution in [0.4, 0.5) is 4.39 Å². The maximum atomic E-state index is 13.3. The summed E-state index contributed by atoms with van der Waals surface area (Å²) >= 11 is 0. The van der Waals surface area contributed by atoms with Gasteiger partial charge in [0, 0.05) is 12.1 Å². The first-order chi connectivity index (χ1) is 12.3. The summed E-state index contributed by atoms with van der Waals surface area (Å²) in [5, 5.41) is 5.64. The molecule has 0 saturated carbocycles. The Morgan fingerprint density at radius 1 is 1.04 bits per heavy atom. The minimum absolute atomic E-state index is 0.0714. The van der Waals surface area contributed by atoms with Gasteiger partial charge in [-0.05, 0) is 48.6 Å². The van der Waals surface area contributed by atoms with Crippen molar-refractivity contribution in [2.45, 2.75) is 40.3 Å². The molecule has 0 aromatic heterocycles. The summed E-state index contributed by atoms with van der Waals surface area (Å²) in [4.78, 5) is 25.1. The second kappa shape index (κ2) is 8.61. The van der Waals surface area contributed by atoms with Crippen LogP contribution >= 0.6 is 0 Å². The van der Waals surface area contributed by atoms with Gasteiger partial charge in [0.2, 0.25) is 5.91 Å². The van der Waals surface area contributed by atoms with Crippen molar-refractivity contribution in [3.8, 4) is 0 Å². The van der Waals surface area contributed by atoms with E-state index in [2.05, 4.69) is 10.6 Å². The first-order valence-electron chi connectivity index (χ1n) is 8.69. The predicted molar refractivity (Wildman–Crippen MR) is 100 cm³/mol. The third-order valence-corrected chi connectivity index (χ3v) is 4.31. The van der Waals surface area contributed by atoms with Crippen molar-refractivity contribution in [2.75, 3.05) is 0 Å². The number of carbonyl (C=O) groups excluding carboxylic acids is 2. The van der Waals surface area contributed by atoms with Gasteiger partial charge in [-0.2, -0.15) is 0 Å². The van der Waals surface area contributed by atoms with Crippen LogP contribution < -0.4 is 10.6 Å². The number of hydrogen-bond acceptors (Lipinski definition) is 2. The van der Waals surface area contributed by atoms with Gasteiger partial charge in [-0.15, -0.1) is 0 Å². The number of amides is 2. The molecule has 2 aromatic rings. The fraction of sp³-hybridized carbons (Fsp3) is 0.333. The Balaban J connectivity index is 2.04. The largest absolute Gasteiger partial charge is 0.350 e. The molecule has 0 spiro atoms. The van der Waals surface area contributed by atoms with E-state index in [-0.39, 0.29) is 30.1 Å². The standard InChI is InChI=1S/C21H25FN2O2/c1-13(2)19(24-20(25)17-8-6-5-7-14(17)3)21(26)23-12-16-9-10-18(22)15(4)11-16/h5-11,13,19H,12H2,1-4H3,(H,23,26)(H,24,25). The fourth-order valence-electron chi connectivity index (χ4n) is 2.70. The number of carbonyl (C=O) groups is 2. The number of rotatable bonds is 6. The van der Waals surface area contributed by atoms with E-state index in [4.69, 9.17) is 0 Å². The maximum absolute atomic E-state index is 13.3. The number of halogens is 1. The molecule has 4 nitrogen and oxygen atoms in total. The van der Waals surface area contributed by atoms with Crippen molar-refractivity contribution in [1.29, 1.82) is 0 Å². The minimum Gasteiger partial charge on any atom is -0.350 e. The van der Waals surface area contributed by atoms with Crippen molar-refractivity contribution >= 4 is 11.8 Å². The van der Waals surface area contributed by atoms with E-state index in [9.17, 15) is 14.0 Å². The summed E-state index contributed by atoms with van der Waals surface area (Å²) in [7, 11) is 0. The highest BCUT2D eigenvalue weighted by Gasteiger charge is 2.25. The zero-order chi connectivity index (χ0) is 19.3. The Kier molecular flexibility index (Phi) is 6.50. The second-order valence-electron chi connectivity index (χ2n) is 6.81. The van der Waals surface area contributed by atoms with E-state index < -0.39 is 6.04 Å². The lowest BCUT2D eigenvalue weighted by Crippen LogP contribution is -2.49. The van der Waals surface area contributed by atoms with Gasteiger partial charge < -0.3 is 10.6 Å². The van der Waals surface area contributed by atoms with Crippen LogP contribution in [-0.2, 0) is 11.3 Å². The molecule has 2 amide bonds. The normalized spacial score (nSPS) is 11.9. The molecular formula is C21H25FN2O2. The number of aryl methyl sites for hydroxylation is 2. The lowest BCUT2D eigenvalue weighted by atomic mass is 10.0. The molecule has 26 heavy (non-hydrogen) atoms. The average molecular weight is 356 g/mol. The third kappa shape index (κ3) is 4.91. The predicted octanol–water partition coefficient (Wildman–Crippen LogP) is 3.51. The Morgan fingerprint density at radius 3 is 2.35 bits per heavy atom. The van der Waals surface area contributed by atoms with E-state index >= 15 is 0 Å². The highest BCUT2D eigenvalue weighted by molar-refractivity contribution is 5.98. The Hall–Kier alpha value is -2.69. The summed E-state index contributed by atoms with van der Waals surface area (Å²) in [6.07, 6.45) is 0. The topological polar surface area (TPSA) is 58.2 Å². The molecule has 1 atom stereocenters. The van der Waals surface area contributed by atoms with E-state index in [1.54, 1.807) is 31.2 Å². The van der Waals surface area contributed by atoms with Gasteiger partial charge >= 0.3 is 0 Å². The molecule has 0 fully saturated rings. The van der Waals surface area contributed by atoms with Crippen molar-refractivity contribution in [1.82, 2.24) is 10.6 Å². The Labute approximate surface area is 153 Å². The first kappa shape index (κ1) is 19.6. The zero-order valence-electron chi connectivity index (χ0n) is 15.6. The van der Waals surface area contributed by atoms with Gasteiger partial charge in [-0.25, -0.2) is 4.39 Å². The zero-order valence-corrected chi connectivity index (χ0v) is 15.6. The summed E-state index contributed by atoms with van der Waals surface area (Å²) in [5.41, 5.74) is 2.75. The summed E-state index contributed by atoms with van der Waals surface area (Å²) < 4.78 is 13.3. The van der Waals surface area contributed by atoms with E-state index in [0.29, 0.717) is 11.1 Å². The number of nitrogens with one attached hydrogen (secondary N) is 2. The van der Waals surface area contributed by atoms with Crippen LogP contribution in [0.3, 0.4) is 0 Å². The first-order valence-corrected chi connectivity index (χ1v) is 8.69. The molecule has 0 radical (unpaired) electrons. The second-order valence-corrected chi connectivity index (χ2v) is 6.81. The molecule has 0 saturated heterocycles. The van der Waals surface area contributed by atoms with Crippen molar-refractivity contribution in [2.24, 2.45) is 5.92 Å². The van der Waals surface area contributed by atoms with E-state index in [0.717, 1.165) is 11.1 Å². The van der Waals surface area contributed by atoms with Crippen LogP contribution in [0.15, 0.2) is 42.5 Å². The monoisotopic (exact) mass is 356 g/mol. The van der Waals surface area contributed by atoms with E-state index in [1.165, 1.54) is 6.07 Å². The molecule has 1 unspecified atom stereocenters. The summed E-state index contributed by atoms with van der Waals surface area (Å²) in [6, 6.07) is 11.3.